The van der Waals surface area contributed by atoms with Crippen LogP contribution < -0.4 is 5.73 Å². The van der Waals surface area contributed by atoms with Crippen molar-refractivity contribution in [2.24, 2.45) is 5.73 Å². The lowest BCUT2D eigenvalue weighted by Gasteiger charge is -2.04. The van der Waals surface area contributed by atoms with E-state index in [1.807, 2.05) is 37.4 Å². The average molecular weight is 199 g/mol. The molecule has 15 heavy (non-hydrogen) atoms. The van der Waals surface area contributed by atoms with Crippen LogP contribution in [0.15, 0.2) is 36.8 Å². The van der Waals surface area contributed by atoms with Gasteiger partial charge in [0, 0.05) is 24.0 Å². The molecule has 0 aliphatic carbocycles. The summed E-state index contributed by atoms with van der Waals surface area (Å²) in [6, 6.07) is 8.16. The van der Waals surface area contributed by atoms with Crippen LogP contribution in [-0.2, 0) is 6.54 Å². The fourth-order valence-electron chi connectivity index (χ4n) is 1.49. The zero-order valence-electron chi connectivity index (χ0n) is 8.64. The van der Waals surface area contributed by atoms with E-state index in [1.165, 1.54) is 0 Å². The van der Waals surface area contributed by atoms with Gasteiger partial charge in [-0.2, -0.15) is 0 Å². The molecular formula is C12H13N3. The van der Waals surface area contributed by atoms with Crippen LogP contribution in [0.5, 0.6) is 0 Å². The molecule has 0 aliphatic rings. The minimum Gasteiger partial charge on any atom is -0.326 e. The Labute approximate surface area is 89.0 Å². The zero-order valence-corrected chi connectivity index (χ0v) is 8.64. The van der Waals surface area contributed by atoms with Crippen LogP contribution in [0.1, 0.15) is 11.3 Å². The van der Waals surface area contributed by atoms with E-state index < -0.39 is 0 Å². The van der Waals surface area contributed by atoms with Crippen molar-refractivity contribution in [1.29, 1.82) is 0 Å². The number of nitrogens with two attached hydrogens (primary N) is 1. The van der Waals surface area contributed by atoms with Gasteiger partial charge in [-0.3, -0.25) is 0 Å². The highest BCUT2D eigenvalue weighted by atomic mass is 14.8. The van der Waals surface area contributed by atoms with Crippen molar-refractivity contribution < 1.29 is 0 Å². The Morgan fingerprint density at radius 2 is 1.93 bits per heavy atom. The monoisotopic (exact) mass is 199 g/mol. The molecule has 0 saturated heterocycles. The molecule has 1 heterocycles. The van der Waals surface area contributed by atoms with Gasteiger partial charge in [-0.05, 0) is 18.1 Å². The van der Waals surface area contributed by atoms with E-state index in [2.05, 4.69) is 9.97 Å². The summed E-state index contributed by atoms with van der Waals surface area (Å²) < 4.78 is 0. The number of hydrogen-bond donors (Lipinski definition) is 1. The molecule has 0 unspecified atom stereocenters. The summed E-state index contributed by atoms with van der Waals surface area (Å²) in [4.78, 5) is 8.19. The second-order valence-electron chi connectivity index (χ2n) is 3.42. The van der Waals surface area contributed by atoms with Crippen LogP contribution in [0.25, 0.3) is 11.1 Å². The fourth-order valence-corrected chi connectivity index (χ4v) is 1.49. The Hall–Kier alpha value is -1.74. The minimum absolute atomic E-state index is 0.574. The van der Waals surface area contributed by atoms with Crippen molar-refractivity contribution in [3.05, 3.63) is 48.0 Å². The maximum atomic E-state index is 5.54. The van der Waals surface area contributed by atoms with Crippen molar-refractivity contribution in [1.82, 2.24) is 9.97 Å². The van der Waals surface area contributed by atoms with Gasteiger partial charge in [0.15, 0.2) is 0 Å². The zero-order chi connectivity index (χ0) is 10.7. The molecule has 2 N–H and O–H groups in total. The molecule has 2 rings (SSSR count). The Morgan fingerprint density at radius 1 is 1.20 bits per heavy atom. The van der Waals surface area contributed by atoms with E-state index in [4.69, 9.17) is 5.73 Å². The SMILES string of the molecule is Cc1ncncc1-c1ccc(CN)cc1. The molecule has 2 aromatic rings. The van der Waals surface area contributed by atoms with Gasteiger partial charge in [-0.25, -0.2) is 9.97 Å². The summed E-state index contributed by atoms with van der Waals surface area (Å²) in [6.07, 6.45) is 3.40. The summed E-state index contributed by atoms with van der Waals surface area (Å²) in [6.45, 7) is 2.55. The third kappa shape index (κ3) is 2.02. The predicted molar refractivity (Wildman–Crippen MR) is 60.1 cm³/mol. The summed E-state index contributed by atoms with van der Waals surface area (Å²) >= 11 is 0. The molecule has 0 aliphatic heterocycles. The van der Waals surface area contributed by atoms with E-state index in [1.54, 1.807) is 6.33 Å². The molecule has 1 aromatic heterocycles. The second kappa shape index (κ2) is 4.19. The molecule has 0 radical (unpaired) electrons. The van der Waals surface area contributed by atoms with Gasteiger partial charge in [-0.1, -0.05) is 24.3 Å². The molecule has 76 valence electrons. The van der Waals surface area contributed by atoms with E-state index in [-0.39, 0.29) is 0 Å². The molecule has 3 nitrogen and oxygen atoms in total. The predicted octanol–water partition coefficient (Wildman–Crippen LogP) is 1.91. The van der Waals surface area contributed by atoms with Gasteiger partial charge in [0.25, 0.3) is 0 Å². The summed E-state index contributed by atoms with van der Waals surface area (Å²) in [5, 5.41) is 0. The number of hydrogen-bond acceptors (Lipinski definition) is 3. The Bertz CT molecular complexity index is 449. The largest absolute Gasteiger partial charge is 0.326 e. The molecule has 0 spiro atoms. The molecular weight excluding hydrogens is 186 g/mol. The lowest BCUT2D eigenvalue weighted by molar-refractivity contribution is 1.07. The molecule has 0 saturated carbocycles. The first-order valence-electron chi connectivity index (χ1n) is 4.87. The highest BCUT2D eigenvalue weighted by molar-refractivity contribution is 5.64. The van der Waals surface area contributed by atoms with Gasteiger partial charge in [0.2, 0.25) is 0 Å². The van der Waals surface area contributed by atoms with Crippen LogP contribution in [0.4, 0.5) is 0 Å². The minimum atomic E-state index is 0.574. The summed E-state index contributed by atoms with van der Waals surface area (Å²) in [5.74, 6) is 0. The Morgan fingerprint density at radius 3 is 2.53 bits per heavy atom. The van der Waals surface area contributed by atoms with Crippen LogP contribution in [0.3, 0.4) is 0 Å². The Balaban J connectivity index is 2.42. The van der Waals surface area contributed by atoms with Gasteiger partial charge < -0.3 is 5.73 Å². The second-order valence-corrected chi connectivity index (χ2v) is 3.42. The van der Waals surface area contributed by atoms with Crippen molar-refractivity contribution >= 4 is 0 Å². The van der Waals surface area contributed by atoms with Gasteiger partial charge >= 0.3 is 0 Å². The van der Waals surface area contributed by atoms with E-state index in [9.17, 15) is 0 Å². The van der Waals surface area contributed by atoms with Gasteiger partial charge in [0.1, 0.15) is 6.33 Å². The first-order chi connectivity index (χ1) is 7.31. The van der Waals surface area contributed by atoms with Crippen LogP contribution in [-0.4, -0.2) is 9.97 Å². The number of benzene rings is 1. The number of rotatable bonds is 2. The molecule has 1 aromatic carbocycles. The maximum Gasteiger partial charge on any atom is 0.115 e. The smallest absolute Gasteiger partial charge is 0.115 e. The van der Waals surface area contributed by atoms with Crippen molar-refractivity contribution in [2.45, 2.75) is 13.5 Å². The number of aryl methyl sites for hydroxylation is 1. The fraction of sp³-hybridized carbons (Fsp3) is 0.167. The van der Waals surface area contributed by atoms with E-state index >= 15 is 0 Å². The van der Waals surface area contributed by atoms with E-state index in [0.29, 0.717) is 6.54 Å². The average Bonchev–Trinajstić information content (AvgIpc) is 2.30. The molecule has 0 bridgehead atoms. The standard InChI is InChI=1S/C12H13N3/c1-9-12(7-14-8-15-9)11-4-2-10(6-13)3-5-11/h2-5,7-8H,6,13H2,1H3. The number of nitrogens with zero attached hydrogens (tertiary/aromatic N) is 2. The van der Waals surface area contributed by atoms with Crippen molar-refractivity contribution in [3.8, 4) is 11.1 Å². The van der Waals surface area contributed by atoms with Gasteiger partial charge in [0.05, 0.1) is 0 Å². The van der Waals surface area contributed by atoms with Crippen LogP contribution >= 0.6 is 0 Å². The van der Waals surface area contributed by atoms with Crippen molar-refractivity contribution in [3.63, 3.8) is 0 Å². The third-order valence-electron chi connectivity index (χ3n) is 2.41. The van der Waals surface area contributed by atoms with Crippen LogP contribution in [0, 0.1) is 6.92 Å². The quantitative estimate of drug-likeness (QED) is 0.803. The molecule has 3 heteroatoms. The molecule has 0 amide bonds. The Kier molecular flexibility index (Phi) is 2.74. The molecule has 0 atom stereocenters. The first kappa shape index (κ1) is 9.80. The molecule has 0 fully saturated rings. The summed E-state index contributed by atoms with van der Waals surface area (Å²) in [7, 11) is 0. The van der Waals surface area contributed by atoms with Crippen LogP contribution in [0.2, 0.25) is 0 Å². The first-order valence-corrected chi connectivity index (χ1v) is 4.87. The van der Waals surface area contributed by atoms with Crippen molar-refractivity contribution in [2.75, 3.05) is 0 Å². The topological polar surface area (TPSA) is 51.8 Å². The maximum absolute atomic E-state index is 5.54. The number of aromatic nitrogens is 2. The highest BCUT2D eigenvalue weighted by Crippen LogP contribution is 2.20. The van der Waals surface area contributed by atoms with Gasteiger partial charge in [-0.15, -0.1) is 0 Å². The lowest BCUT2D eigenvalue weighted by atomic mass is 10.0. The third-order valence-corrected chi connectivity index (χ3v) is 2.41. The highest BCUT2D eigenvalue weighted by Gasteiger charge is 2.01. The summed E-state index contributed by atoms with van der Waals surface area (Å²) in [5.41, 5.74) is 9.87. The lowest BCUT2D eigenvalue weighted by Crippen LogP contribution is -1.95. The normalized spacial score (nSPS) is 10.3. The van der Waals surface area contributed by atoms with E-state index in [0.717, 1.165) is 22.4 Å².